The standard InChI is InChI=1S/C18H14N8O/c19-16-15-17(21-10-20-16)24(11-22-15)9-14-23-13-7-4-8-25(13)18(27)26(14)12-5-2-1-3-6-12/h1-8,10-11H,9H2,(H2,19,20,21). The van der Waals surface area contributed by atoms with Crippen molar-refractivity contribution in [2.75, 3.05) is 5.73 Å². The van der Waals surface area contributed by atoms with E-state index >= 15 is 0 Å². The highest BCUT2D eigenvalue weighted by molar-refractivity contribution is 5.81. The maximum Gasteiger partial charge on any atom is 0.339 e. The summed E-state index contributed by atoms with van der Waals surface area (Å²) in [5.74, 6) is 0.878. The average molecular weight is 358 g/mol. The Morgan fingerprint density at radius 2 is 1.85 bits per heavy atom. The third kappa shape index (κ3) is 2.36. The molecule has 4 aromatic heterocycles. The number of nitrogen functional groups attached to an aromatic ring is 1. The van der Waals surface area contributed by atoms with E-state index < -0.39 is 0 Å². The number of hydrogen-bond donors (Lipinski definition) is 1. The molecule has 0 aliphatic rings. The number of aromatic nitrogens is 7. The van der Waals surface area contributed by atoms with Gasteiger partial charge < -0.3 is 10.3 Å². The Labute approximate surface area is 152 Å². The summed E-state index contributed by atoms with van der Waals surface area (Å²) in [6.45, 7) is 0.304. The fourth-order valence-electron chi connectivity index (χ4n) is 3.13. The van der Waals surface area contributed by atoms with Gasteiger partial charge in [-0.2, -0.15) is 0 Å². The minimum absolute atomic E-state index is 0.190. The number of anilines is 1. The van der Waals surface area contributed by atoms with Crippen molar-refractivity contribution < 1.29 is 0 Å². The molecule has 0 fully saturated rings. The highest BCUT2D eigenvalue weighted by Crippen LogP contribution is 2.16. The molecule has 0 saturated heterocycles. The zero-order chi connectivity index (χ0) is 18.4. The van der Waals surface area contributed by atoms with Gasteiger partial charge in [0.25, 0.3) is 0 Å². The number of rotatable bonds is 3. The molecule has 0 bridgehead atoms. The van der Waals surface area contributed by atoms with Crippen LogP contribution in [0.15, 0.2) is 66.1 Å². The number of imidazole rings is 1. The lowest BCUT2D eigenvalue weighted by Crippen LogP contribution is -2.30. The van der Waals surface area contributed by atoms with Crippen LogP contribution in [-0.2, 0) is 6.54 Å². The molecule has 0 saturated carbocycles. The van der Waals surface area contributed by atoms with Crippen molar-refractivity contribution in [3.8, 4) is 5.69 Å². The second kappa shape index (κ2) is 5.77. The molecule has 27 heavy (non-hydrogen) atoms. The number of nitrogens with zero attached hydrogens (tertiary/aromatic N) is 7. The molecule has 0 aliphatic carbocycles. The van der Waals surface area contributed by atoms with Crippen LogP contribution >= 0.6 is 0 Å². The van der Waals surface area contributed by atoms with Gasteiger partial charge in [-0.1, -0.05) is 18.2 Å². The van der Waals surface area contributed by atoms with Crippen molar-refractivity contribution in [2.24, 2.45) is 0 Å². The summed E-state index contributed by atoms with van der Waals surface area (Å²) in [5.41, 5.74) is 8.11. The topological polar surface area (TPSA) is 109 Å². The summed E-state index contributed by atoms with van der Waals surface area (Å²) in [6, 6.07) is 13.0. The Hall–Kier alpha value is -4.01. The Kier molecular flexibility index (Phi) is 3.26. The molecule has 5 aromatic rings. The molecule has 0 aliphatic heterocycles. The minimum atomic E-state index is -0.190. The molecule has 1 aromatic carbocycles. The van der Waals surface area contributed by atoms with E-state index in [9.17, 15) is 4.79 Å². The number of benzene rings is 1. The number of para-hydroxylation sites is 1. The number of hydrogen-bond acceptors (Lipinski definition) is 6. The van der Waals surface area contributed by atoms with E-state index in [4.69, 9.17) is 5.73 Å². The Balaban J connectivity index is 1.74. The van der Waals surface area contributed by atoms with Crippen LogP contribution in [0.4, 0.5) is 5.82 Å². The lowest BCUT2D eigenvalue weighted by Gasteiger charge is -2.13. The van der Waals surface area contributed by atoms with Gasteiger partial charge >= 0.3 is 5.69 Å². The fourth-order valence-corrected chi connectivity index (χ4v) is 3.13. The van der Waals surface area contributed by atoms with E-state index in [2.05, 4.69) is 19.9 Å². The molecule has 4 heterocycles. The number of nitrogens with two attached hydrogens (primary N) is 1. The van der Waals surface area contributed by atoms with Gasteiger partial charge in [-0.25, -0.2) is 29.3 Å². The summed E-state index contributed by atoms with van der Waals surface area (Å²) >= 11 is 0. The van der Waals surface area contributed by atoms with Crippen molar-refractivity contribution in [1.82, 2.24) is 33.5 Å². The first kappa shape index (κ1) is 15.3. The summed E-state index contributed by atoms with van der Waals surface area (Å²) in [4.78, 5) is 30.3. The molecule has 0 unspecified atom stereocenters. The Morgan fingerprint density at radius 3 is 2.70 bits per heavy atom. The van der Waals surface area contributed by atoms with Crippen LogP contribution in [0, 0.1) is 0 Å². The zero-order valence-corrected chi connectivity index (χ0v) is 14.1. The average Bonchev–Trinajstić information content (AvgIpc) is 3.31. The van der Waals surface area contributed by atoms with Gasteiger partial charge in [-0.15, -0.1) is 0 Å². The summed E-state index contributed by atoms with van der Waals surface area (Å²) in [7, 11) is 0. The van der Waals surface area contributed by atoms with Crippen molar-refractivity contribution >= 4 is 22.6 Å². The van der Waals surface area contributed by atoms with E-state index in [1.807, 2.05) is 30.3 Å². The Morgan fingerprint density at radius 1 is 1.00 bits per heavy atom. The SMILES string of the molecule is Nc1ncnc2c1ncn2Cc1nc2cccn2c(=O)n1-c1ccccc1. The third-order valence-corrected chi connectivity index (χ3v) is 4.38. The molecule has 0 spiro atoms. The van der Waals surface area contributed by atoms with E-state index in [0.29, 0.717) is 35.0 Å². The molecule has 9 heteroatoms. The second-order valence-electron chi connectivity index (χ2n) is 6.02. The normalized spacial score (nSPS) is 11.4. The van der Waals surface area contributed by atoms with E-state index in [-0.39, 0.29) is 5.69 Å². The van der Waals surface area contributed by atoms with Crippen LogP contribution < -0.4 is 11.4 Å². The van der Waals surface area contributed by atoms with Gasteiger partial charge in [-0.05, 0) is 24.3 Å². The van der Waals surface area contributed by atoms with Crippen molar-refractivity contribution in [3.63, 3.8) is 0 Å². The predicted octanol–water partition coefficient (Wildman–Crippen LogP) is 1.26. The van der Waals surface area contributed by atoms with Crippen LogP contribution in [-0.4, -0.2) is 33.5 Å². The Bertz CT molecular complexity index is 1330. The maximum atomic E-state index is 13.1. The van der Waals surface area contributed by atoms with Crippen molar-refractivity contribution in [2.45, 2.75) is 6.54 Å². The lowest BCUT2D eigenvalue weighted by molar-refractivity contribution is 0.689. The van der Waals surface area contributed by atoms with Gasteiger partial charge in [0.1, 0.15) is 23.3 Å². The van der Waals surface area contributed by atoms with Crippen LogP contribution in [0.2, 0.25) is 0 Å². The molecule has 0 atom stereocenters. The fraction of sp³-hybridized carbons (Fsp3) is 0.0556. The lowest BCUT2D eigenvalue weighted by atomic mass is 10.3. The van der Waals surface area contributed by atoms with Gasteiger partial charge in [0.15, 0.2) is 11.5 Å². The summed E-state index contributed by atoms with van der Waals surface area (Å²) in [5, 5.41) is 0. The van der Waals surface area contributed by atoms with Crippen LogP contribution in [0.25, 0.3) is 22.5 Å². The van der Waals surface area contributed by atoms with E-state index in [1.165, 1.54) is 10.7 Å². The highest BCUT2D eigenvalue weighted by atomic mass is 16.1. The van der Waals surface area contributed by atoms with E-state index in [1.54, 1.807) is 33.8 Å². The van der Waals surface area contributed by atoms with Gasteiger partial charge in [0.05, 0.1) is 18.6 Å². The molecule has 5 rings (SSSR count). The molecule has 0 amide bonds. The minimum Gasteiger partial charge on any atom is -0.382 e. The molecular weight excluding hydrogens is 344 g/mol. The zero-order valence-electron chi connectivity index (χ0n) is 14.1. The molecular formula is C18H14N8O. The summed E-state index contributed by atoms with van der Waals surface area (Å²) < 4.78 is 4.90. The molecule has 9 nitrogen and oxygen atoms in total. The first-order chi connectivity index (χ1) is 13.2. The smallest absolute Gasteiger partial charge is 0.339 e. The molecule has 0 radical (unpaired) electrons. The quantitative estimate of drug-likeness (QED) is 0.520. The van der Waals surface area contributed by atoms with Gasteiger partial charge in [0.2, 0.25) is 0 Å². The third-order valence-electron chi connectivity index (χ3n) is 4.38. The molecule has 2 N–H and O–H groups in total. The van der Waals surface area contributed by atoms with Gasteiger partial charge in [-0.3, -0.25) is 4.40 Å². The first-order valence-corrected chi connectivity index (χ1v) is 8.28. The highest BCUT2D eigenvalue weighted by Gasteiger charge is 2.15. The first-order valence-electron chi connectivity index (χ1n) is 8.28. The molecule has 132 valence electrons. The van der Waals surface area contributed by atoms with Crippen molar-refractivity contribution in [3.05, 3.63) is 77.6 Å². The largest absolute Gasteiger partial charge is 0.382 e. The predicted molar refractivity (Wildman–Crippen MR) is 99.6 cm³/mol. The monoisotopic (exact) mass is 358 g/mol. The van der Waals surface area contributed by atoms with Gasteiger partial charge in [0, 0.05) is 6.20 Å². The van der Waals surface area contributed by atoms with E-state index in [0.717, 1.165) is 5.69 Å². The second-order valence-corrected chi connectivity index (χ2v) is 6.02. The maximum absolute atomic E-state index is 13.1. The summed E-state index contributed by atoms with van der Waals surface area (Å²) in [6.07, 6.45) is 4.72. The van der Waals surface area contributed by atoms with Crippen LogP contribution in [0.3, 0.4) is 0 Å². The van der Waals surface area contributed by atoms with Crippen molar-refractivity contribution in [1.29, 1.82) is 0 Å². The van der Waals surface area contributed by atoms with Crippen LogP contribution in [0.5, 0.6) is 0 Å². The van der Waals surface area contributed by atoms with Crippen LogP contribution in [0.1, 0.15) is 5.82 Å². The number of fused-ring (bicyclic) bond motifs is 2.